The molecule has 0 saturated carbocycles. The second-order valence-corrected chi connectivity index (χ2v) is 4.93. The minimum atomic E-state index is -0.0864. The van der Waals surface area contributed by atoms with E-state index in [0.717, 1.165) is 11.4 Å². The first-order chi connectivity index (χ1) is 9.54. The number of benzene rings is 2. The number of hydrogen-bond donors (Lipinski definition) is 1. The Kier molecular flexibility index (Phi) is 4.41. The maximum absolute atomic E-state index is 11.0. The molecule has 20 heavy (non-hydrogen) atoms. The predicted octanol–water partition coefficient (Wildman–Crippen LogP) is 3.84. The third-order valence-electron chi connectivity index (χ3n) is 3.05. The van der Waals surface area contributed by atoms with Crippen molar-refractivity contribution in [1.29, 1.82) is 0 Å². The highest BCUT2D eigenvalue weighted by Gasteiger charge is 2.02. The van der Waals surface area contributed by atoms with Crippen molar-refractivity contribution in [3.63, 3.8) is 0 Å². The number of hydrogen-bond acceptors (Lipinski definition) is 2. The van der Waals surface area contributed by atoms with Crippen LogP contribution in [0.25, 0.3) is 0 Å². The molecule has 0 aromatic heterocycles. The molecule has 2 aromatic carbocycles. The van der Waals surface area contributed by atoms with Crippen molar-refractivity contribution in [3.8, 4) is 5.75 Å². The van der Waals surface area contributed by atoms with Gasteiger partial charge >= 0.3 is 0 Å². The number of anilines is 1. The van der Waals surface area contributed by atoms with Crippen molar-refractivity contribution in [2.24, 2.45) is 0 Å². The van der Waals surface area contributed by atoms with E-state index in [1.165, 1.54) is 23.6 Å². The van der Waals surface area contributed by atoms with Crippen LogP contribution in [0.5, 0.6) is 5.75 Å². The second kappa shape index (κ2) is 6.24. The van der Waals surface area contributed by atoms with Crippen molar-refractivity contribution in [3.05, 3.63) is 59.2 Å². The van der Waals surface area contributed by atoms with Crippen LogP contribution in [-0.2, 0) is 11.4 Å². The topological polar surface area (TPSA) is 38.3 Å². The van der Waals surface area contributed by atoms with E-state index in [9.17, 15) is 4.79 Å². The summed E-state index contributed by atoms with van der Waals surface area (Å²) >= 11 is 0. The van der Waals surface area contributed by atoms with E-state index >= 15 is 0 Å². The normalized spacial score (nSPS) is 10.2. The lowest BCUT2D eigenvalue weighted by atomic mass is 10.1. The van der Waals surface area contributed by atoms with E-state index in [2.05, 4.69) is 37.4 Å². The molecule has 3 nitrogen and oxygen atoms in total. The fourth-order valence-corrected chi connectivity index (χ4v) is 1.98. The van der Waals surface area contributed by atoms with Crippen LogP contribution in [-0.4, -0.2) is 5.91 Å². The van der Waals surface area contributed by atoms with Crippen LogP contribution in [0.4, 0.5) is 5.69 Å². The smallest absolute Gasteiger partial charge is 0.221 e. The molecule has 2 rings (SSSR count). The molecular weight excluding hydrogens is 250 g/mol. The largest absolute Gasteiger partial charge is 0.489 e. The number of ether oxygens (including phenoxy) is 1. The first-order valence-corrected chi connectivity index (χ1v) is 6.61. The third-order valence-corrected chi connectivity index (χ3v) is 3.05. The van der Waals surface area contributed by atoms with Crippen molar-refractivity contribution in [2.45, 2.75) is 27.4 Å². The quantitative estimate of drug-likeness (QED) is 0.915. The van der Waals surface area contributed by atoms with Gasteiger partial charge in [0.2, 0.25) is 5.91 Å². The van der Waals surface area contributed by atoms with Gasteiger partial charge in [0, 0.05) is 18.7 Å². The molecule has 1 N–H and O–H groups in total. The molecule has 0 spiro atoms. The molecule has 0 heterocycles. The summed E-state index contributed by atoms with van der Waals surface area (Å²) in [4.78, 5) is 11.0. The van der Waals surface area contributed by atoms with Gasteiger partial charge in [-0.3, -0.25) is 4.79 Å². The zero-order valence-electron chi connectivity index (χ0n) is 12.1. The molecule has 0 atom stereocenters. The molecule has 0 radical (unpaired) electrons. The number of carbonyl (C=O) groups excluding carboxylic acids is 1. The molecule has 1 amide bonds. The Hall–Kier alpha value is -2.29. The number of rotatable bonds is 4. The molecule has 0 fully saturated rings. The number of aryl methyl sites for hydroxylation is 2. The molecular formula is C17H19NO2. The number of carbonyl (C=O) groups is 1. The minimum absolute atomic E-state index is 0.0864. The van der Waals surface area contributed by atoms with Gasteiger partial charge in [0.1, 0.15) is 12.4 Å². The van der Waals surface area contributed by atoms with Gasteiger partial charge in [0.15, 0.2) is 0 Å². The van der Waals surface area contributed by atoms with E-state index < -0.39 is 0 Å². The van der Waals surface area contributed by atoms with E-state index in [4.69, 9.17) is 4.74 Å². The van der Waals surface area contributed by atoms with Gasteiger partial charge in [-0.2, -0.15) is 0 Å². The second-order valence-electron chi connectivity index (χ2n) is 4.93. The fraction of sp³-hybridized carbons (Fsp3) is 0.235. The van der Waals surface area contributed by atoms with Gasteiger partial charge < -0.3 is 10.1 Å². The van der Waals surface area contributed by atoms with E-state index in [-0.39, 0.29) is 5.91 Å². The molecule has 2 aromatic rings. The fourth-order valence-electron chi connectivity index (χ4n) is 1.98. The lowest BCUT2D eigenvalue weighted by Crippen LogP contribution is -2.06. The van der Waals surface area contributed by atoms with Crippen LogP contribution in [0.3, 0.4) is 0 Å². The summed E-state index contributed by atoms with van der Waals surface area (Å²) in [6, 6.07) is 13.7. The zero-order chi connectivity index (χ0) is 14.5. The SMILES string of the molecule is CC(=O)Nc1cccc(OCc2cc(C)ccc2C)c1. The van der Waals surface area contributed by atoms with Crippen molar-refractivity contribution in [2.75, 3.05) is 5.32 Å². The standard InChI is InChI=1S/C17H19NO2/c1-12-7-8-13(2)15(9-12)11-20-17-6-4-5-16(10-17)18-14(3)19/h4-10H,11H2,1-3H3,(H,18,19). The maximum Gasteiger partial charge on any atom is 0.221 e. The molecule has 0 aliphatic rings. The van der Waals surface area contributed by atoms with Gasteiger partial charge in [-0.15, -0.1) is 0 Å². The lowest BCUT2D eigenvalue weighted by Gasteiger charge is -2.11. The Labute approximate surface area is 119 Å². The average molecular weight is 269 g/mol. The Morgan fingerprint density at radius 1 is 1.15 bits per heavy atom. The maximum atomic E-state index is 11.0. The predicted molar refractivity (Wildman–Crippen MR) is 81.0 cm³/mol. The van der Waals surface area contributed by atoms with E-state index in [1.54, 1.807) is 0 Å². The summed E-state index contributed by atoms with van der Waals surface area (Å²) < 4.78 is 5.80. The Morgan fingerprint density at radius 2 is 1.95 bits per heavy atom. The molecule has 104 valence electrons. The first kappa shape index (κ1) is 14.1. The third kappa shape index (κ3) is 3.85. The van der Waals surface area contributed by atoms with Crippen LogP contribution in [0, 0.1) is 13.8 Å². The monoisotopic (exact) mass is 269 g/mol. The highest BCUT2D eigenvalue weighted by molar-refractivity contribution is 5.88. The van der Waals surface area contributed by atoms with E-state index in [1.807, 2.05) is 24.3 Å². The number of amides is 1. The Balaban J connectivity index is 2.07. The van der Waals surface area contributed by atoms with Crippen molar-refractivity contribution >= 4 is 11.6 Å². The summed E-state index contributed by atoms with van der Waals surface area (Å²) in [6.45, 7) is 6.16. The van der Waals surface area contributed by atoms with Crippen molar-refractivity contribution < 1.29 is 9.53 Å². The highest BCUT2D eigenvalue weighted by atomic mass is 16.5. The molecule has 3 heteroatoms. The molecule has 0 aliphatic heterocycles. The summed E-state index contributed by atoms with van der Waals surface area (Å²) in [7, 11) is 0. The van der Waals surface area contributed by atoms with Gasteiger partial charge in [-0.25, -0.2) is 0 Å². The van der Waals surface area contributed by atoms with Crippen LogP contribution in [0.2, 0.25) is 0 Å². The minimum Gasteiger partial charge on any atom is -0.489 e. The van der Waals surface area contributed by atoms with Crippen LogP contribution < -0.4 is 10.1 Å². The molecule has 0 saturated heterocycles. The van der Waals surface area contributed by atoms with Crippen LogP contribution >= 0.6 is 0 Å². The van der Waals surface area contributed by atoms with Gasteiger partial charge in [0.25, 0.3) is 0 Å². The van der Waals surface area contributed by atoms with Gasteiger partial charge in [-0.05, 0) is 37.1 Å². The Bertz CT molecular complexity index is 620. The summed E-state index contributed by atoms with van der Waals surface area (Å²) in [5.41, 5.74) is 4.36. The zero-order valence-corrected chi connectivity index (χ0v) is 12.1. The average Bonchev–Trinajstić information content (AvgIpc) is 2.39. The lowest BCUT2D eigenvalue weighted by molar-refractivity contribution is -0.114. The summed E-state index contributed by atoms with van der Waals surface area (Å²) in [5.74, 6) is 0.661. The summed E-state index contributed by atoms with van der Waals surface area (Å²) in [6.07, 6.45) is 0. The first-order valence-electron chi connectivity index (χ1n) is 6.61. The van der Waals surface area contributed by atoms with Crippen LogP contribution in [0.1, 0.15) is 23.6 Å². The summed E-state index contributed by atoms with van der Waals surface area (Å²) in [5, 5.41) is 2.74. The molecule has 0 aliphatic carbocycles. The van der Waals surface area contributed by atoms with Crippen LogP contribution in [0.15, 0.2) is 42.5 Å². The van der Waals surface area contributed by atoms with E-state index in [0.29, 0.717) is 6.61 Å². The highest BCUT2D eigenvalue weighted by Crippen LogP contribution is 2.20. The molecule has 0 unspecified atom stereocenters. The van der Waals surface area contributed by atoms with Crippen molar-refractivity contribution in [1.82, 2.24) is 0 Å². The van der Waals surface area contributed by atoms with Gasteiger partial charge in [0.05, 0.1) is 0 Å². The molecule has 0 bridgehead atoms. The van der Waals surface area contributed by atoms with Gasteiger partial charge in [-0.1, -0.05) is 29.8 Å². The Morgan fingerprint density at radius 3 is 2.70 bits per heavy atom. The number of nitrogens with one attached hydrogen (secondary N) is 1.